The minimum atomic E-state index is 0.0745. The summed E-state index contributed by atoms with van der Waals surface area (Å²) in [6.07, 6.45) is 3.30. The van der Waals surface area contributed by atoms with Gasteiger partial charge in [-0.1, -0.05) is 6.07 Å². The molecule has 2 heterocycles. The number of nitrogens with zero attached hydrogens (tertiary/aromatic N) is 3. The molecule has 0 radical (unpaired) electrons. The van der Waals surface area contributed by atoms with Crippen LogP contribution in [0, 0.1) is 6.92 Å². The van der Waals surface area contributed by atoms with Crippen molar-refractivity contribution in [3.05, 3.63) is 53.9 Å². The Bertz CT molecular complexity index is 664. The van der Waals surface area contributed by atoms with Crippen LogP contribution in [0.3, 0.4) is 0 Å². The van der Waals surface area contributed by atoms with Gasteiger partial charge in [-0.15, -0.1) is 0 Å². The smallest absolute Gasteiger partial charge is 0.254 e. The van der Waals surface area contributed by atoms with Crippen molar-refractivity contribution in [3.63, 3.8) is 0 Å². The normalized spacial score (nSPS) is 15.0. The lowest BCUT2D eigenvalue weighted by Crippen LogP contribution is -2.48. The highest BCUT2D eigenvalue weighted by Crippen LogP contribution is 2.22. The van der Waals surface area contributed by atoms with Crippen LogP contribution in [0.15, 0.2) is 42.7 Å². The third kappa shape index (κ3) is 2.88. The summed E-state index contributed by atoms with van der Waals surface area (Å²) in [5, 5.41) is 0. The van der Waals surface area contributed by atoms with Gasteiger partial charge in [0.05, 0.1) is 0 Å². The van der Waals surface area contributed by atoms with Crippen molar-refractivity contribution in [2.75, 3.05) is 36.8 Å². The van der Waals surface area contributed by atoms with Crippen molar-refractivity contribution in [2.45, 2.75) is 6.92 Å². The van der Waals surface area contributed by atoms with Crippen molar-refractivity contribution in [2.24, 2.45) is 0 Å². The van der Waals surface area contributed by atoms with Gasteiger partial charge in [-0.3, -0.25) is 9.78 Å². The zero-order valence-corrected chi connectivity index (χ0v) is 12.7. The number of aryl methyl sites for hydroxylation is 1. The van der Waals surface area contributed by atoms with Crippen LogP contribution >= 0.6 is 0 Å². The van der Waals surface area contributed by atoms with Crippen molar-refractivity contribution in [3.8, 4) is 0 Å². The van der Waals surface area contributed by atoms with E-state index in [-0.39, 0.29) is 5.91 Å². The first-order valence-electron chi connectivity index (χ1n) is 7.45. The number of benzene rings is 1. The molecule has 114 valence electrons. The maximum Gasteiger partial charge on any atom is 0.254 e. The number of anilines is 2. The SMILES string of the molecule is Cc1ccc(N2CCN(C(=O)c3ccncc3)CC2)cc1N. The molecule has 1 fully saturated rings. The highest BCUT2D eigenvalue weighted by molar-refractivity contribution is 5.94. The monoisotopic (exact) mass is 296 g/mol. The summed E-state index contributed by atoms with van der Waals surface area (Å²) in [5.41, 5.74) is 9.71. The van der Waals surface area contributed by atoms with E-state index >= 15 is 0 Å². The van der Waals surface area contributed by atoms with Crippen molar-refractivity contribution in [1.82, 2.24) is 9.88 Å². The van der Waals surface area contributed by atoms with E-state index in [1.54, 1.807) is 24.5 Å². The molecule has 3 rings (SSSR count). The Balaban J connectivity index is 1.65. The lowest BCUT2D eigenvalue weighted by Gasteiger charge is -2.36. The second-order valence-corrected chi connectivity index (χ2v) is 5.56. The molecule has 0 unspecified atom stereocenters. The van der Waals surface area contributed by atoms with Crippen LogP contribution in [-0.2, 0) is 0 Å². The van der Waals surface area contributed by atoms with Crippen molar-refractivity contribution in [1.29, 1.82) is 0 Å². The Morgan fingerprint density at radius 1 is 1.09 bits per heavy atom. The molecule has 1 aliphatic heterocycles. The summed E-state index contributed by atoms with van der Waals surface area (Å²) in [6.45, 7) is 5.08. The summed E-state index contributed by atoms with van der Waals surface area (Å²) in [5.74, 6) is 0.0745. The Morgan fingerprint density at radius 2 is 1.77 bits per heavy atom. The first kappa shape index (κ1) is 14.4. The Kier molecular flexibility index (Phi) is 3.96. The number of carbonyl (C=O) groups excluding carboxylic acids is 1. The fourth-order valence-corrected chi connectivity index (χ4v) is 2.67. The maximum absolute atomic E-state index is 12.4. The van der Waals surface area contributed by atoms with Gasteiger partial charge in [0.2, 0.25) is 0 Å². The predicted molar refractivity (Wildman–Crippen MR) is 87.9 cm³/mol. The molecule has 1 amide bonds. The summed E-state index contributed by atoms with van der Waals surface area (Å²) in [7, 11) is 0. The lowest BCUT2D eigenvalue weighted by molar-refractivity contribution is 0.0746. The Labute approximate surface area is 130 Å². The van der Waals surface area contributed by atoms with Crippen molar-refractivity contribution >= 4 is 17.3 Å². The number of pyridine rings is 1. The third-order valence-corrected chi connectivity index (χ3v) is 4.12. The van der Waals surface area contributed by atoms with E-state index in [4.69, 9.17) is 5.73 Å². The zero-order chi connectivity index (χ0) is 15.5. The van der Waals surface area contributed by atoms with E-state index in [9.17, 15) is 4.79 Å². The quantitative estimate of drug-likeness (QED) is 0.860. The first-order chi connectivity index (χ1) is 10.6. The highest BCUT2D eigenvalue weighted by atomic mass is 16.2. The first-order valence-corrected chi connectivity index (χ1v) is 7.45. The number of rotatable bonds is 2. The van der Waals surface area contributed by atoms with Gasteiger partial charge in [-0.25, -0.2) is 0 Å². The van der Waals surface area contributed by atoms with Gasteiger partial charge in [-0.05, 0) is 36.8 Å². The van der Waals surface area contributed by atoms with Crippen LogP contribution in [0.25, 0.3) is 0 Å². The molecule has 22 heavy (non-hydrogen) atoms. The third-order valence-electron chi connectivity index (χ3n) is 4.12. The van der Waals surface area contributed by atoms with Crippen LogP contribution in [0.5, 0.6) is 0 Å². The molecule has 1 aromatic heterocycles. The number of hydrogen-bond acceptors (Lipinski definition) is 4. The zero-order valence-electron chi connectivity index (χ0n) is 12.7. The average Bonchev–Trinajstić information content (AvgIpc) is 2.58. The molecule has 2 aromatic rings. The fourth-order valence-electron chi connectivity index (χ4n) is 2.67. The average molecular weight is 296 g/mol. The van der Waals surface area contributed by atoms with Gasteiger partial charge in [0.1, 0.15) is 0 Å². The Hall–Kier alpha value is -2.56. The molecule has 1 aliphatic rings. The van der Waals surface area contributed by atoms with Gasteiger partial charge >= 0.3 is 0 Å². The molecule has 0 spiro atoms. The number of piperazine rings is 1. The largest absolute Gasteiger partial charge is 0.398 e. The Morgan fingerprint density at radius 3 is 2.41 bits per heavy atom. The molecule has 0 saturated carbocycles. The summed E-state index contributed by atoms with van der Waals surface area (Å²) in [6, 6.07) is 9.66. The van der Waals surface area contributed by atoms with Gasteiger partial charge in [0, 0.05) is 55.5 Å². The standard InChI is InChI=1S/C17H20N4O/c1-13-2-3-15(12-16(13)18)20-8-10-21(11-9-20)17(22)14-4-6-19-7-5-14/h2-7,12H,8-11,18H2,1H3. The van der Waals surface area contributed by atoms with Gasteiger partial charge in [0.15, 0.2) is 0 Å². The summed E-state index contributed by atoms with van der Waals surface area (Å²) < 4.78 is 0. The van der Waals surface area contributed by atoms with Crippen LogP contribution in [0.2, 0.25) is 0 Å². The topological polar surface area (TPSA) is 62.5 Å². The minimum Gasteiger partial charge on any atom is -0.398 e. The molecule has 0 bridgehead atoms. The molecule has 0 aliphatic carbocycles. The van der Waals surface area contributed by atoms with Crippen LogP contribution in [0.4, 0.5) is 11.4 Å². The second kappa shape index (κ2) is 6.05. The molecule has 1 aromatic carbocycles. The fraction of sp³-hybridized carbons (Fsp3) is 0.294. The van der Waals surface area contributed by atoms with Gasteiger partial charge in [-0.2, -0.15) is 0 Å². The van der Waals surface area contributed by atoms with Crippen molar-refractivity contribution < 1.29 is 4.79 Å². The maximum atomic E-state index is 12.4. The summed E-state index contributed by atoms with van der Waals surface area (Å²) >= 11 is 0. The van der Waals surface area contributed by atoms with Gasteiger partial charge < -0.3 is 15.5 Å². The van der Waals surface area contributed by atoms with E-state index in [0.717, 1.165) is 43.1 Å². The predicted octanol–water partition coefficient (Wildman–Crippen LogP) is 1.93. The van der Waals surface area contributed by atoms with E-state index in [0.29, 0.717) is 5.56 Å². The number of hydrogen-bond donors (Lipinski definition) is 1. The van der Waals surface area contributed by atoms with Gasteiger partial charge in [0.25, 0.3) is 5.91 Å². The summed E-state index contributed by atoms with van der Waals surface area (Å²) in [4.78, 5) is 20.5. The van der Waals surface area contributed by atoms with Crippen LogP contribution < -0.4 is 10.6 Å². The molecule has 5 heteroatoms. The number of carbonyl (C=O) groups is 1. The second-order valence-electron chi connectivity index (χ2n) is 5.56. The number of aromatic nitrogens is 1. The lowest BCUT2D eigenvalue weighted by atomic mass is 10.1. The van der Waals surface area contributed by atoms with E-state index in [2.05, 4.69) is 16.0 Å². The molecular formula is C17H20N4O. The van der Waals surface area contributed by atoms with E-state index in [1.807, 2.05) is 24.0 Å². The molecule has 2 N–H and O–H groups in total. The highest BCUT2D eigenvalue weighted by Gasteiger charge is 2.22. The number of amides is 1. The molecule has 1 saturated heterocycles. The van der Waals surface area contributed by atoms with E-state index < -0.39 is 0 Å². The molecular weight excluding hydrogens is 276 g/mol. The number of nitrogen functional groups attached to an aromatic ring is 1. The minimum absolute atomic E-state index is 0.0745. The number of nitrogens with two attached hydrogens (primary N) is 1. The van der Waals surface area contributed by atoms with Crippen LogP contribution in [-0.4, -0.2) is 42.0 Å². The van der Waals surface area contributed by atoms with E-state index in [1.165, 1.54) is 0 Å². The molecule has 0 atom stereocenters. The van der Waals surface area contributed by atoms with Crippen LogP contribution in [0.1, 0.15) is 15.9 Å². The molecule has 5 nitrogen and oxygen atoms in total.